The van der Waals surface area contributed by atoms with Crippen molar-refractivity contribution in [1.29, 1.82) is 10.5 Å². The van der Waals surface area contributed by atoms with Crippen molar-refractivity contribution in [1.82, 2.24) is 0 Å². The molecule has 0 aromatic heterocycles. The second-order valence-corrected chi connectivity index (χ2v) is 1.80. The summed E-state index contributed by atoms with van der Waals surface area (Å²) in [5, 5.41) is 16.7. The first-order valence-corrected chi connectivity index (χ1v) is 2.77. The summed E-state index contributed by atoms with van der Waals surface area (Å²) < 4.78 is 0. The molecular weight excluding hydrogens is 160 g/mol. The molecule has 11 heavy (non-hydrogen) atoms. The number of nitrogens with zero attached hydrogens (tertiary/aromatic N) is 2. The highest BCUT2D eigenvalue weighted by molar-refractivity contribution is 5.85. The van der Waals surface area contributed by atoms with Crippen LogP contribution in [-0.4, -0.2) is 0 Å². The molecule has 0 atom stereocenters. The Morgan fingerprint density at radius 1 is 0.818 bits per heavy atom. The van der Waals surface area contributed by atoms with Crippen LogP contribution in [-0.2, 0) is 0 Å². The molecular formula is C8H5ClN2. The van der Waals surface area contributed by atoms with Crippen molar-refractivity contribution in [2.75, 3.05) is 0 Å². The zero-order valence-corrected chi connectivity index (χ0v) is 6.43. The fourth-order valence-electron chi connectivity index (χ4n) is 0.619. The Labute approximate surface area is 71.1 Å². The summed E-state index contributed by atoms with van der Waals surface area (Å²) in [7, 11) is 0. The molecule has 3 heteroatoms. The normalized spacial score (nSPS) is 7.09. The van der Waals surface area contributed by atoms with Crippen molar-refractivity contribution < 1.29 is 0 Å². The molecule has 0 amide bonds. The molecule has 0 fully saturated rings. The van der Waals surface area contributed by atoms with Gasteiger partial charge in [0.1, 0.15) is 0 Å². The van der Waals surface area contributed by atoms with Gasteiger partial charge in [-0.15, -0.1) is 12.4 Å². The van der Waals surface area contributed by atoms with Crippen LogP contribution < -0.4 is 0 Å². The second kappa shape index (κ2) is 4.33. The first kappa shape index (κ1) is 9.49. The molecule has 0 radical (unpaired) electrons. The van der Waals surface area contributed by atoms with Crippen LogP contribution in [0.4, 0.5) is 0 Å². The Morgan fingerprint density at radius 3 is 1.27 bits per heavy atom. The van der Waals surface area contributed by atoms with E-state index >= 15 is 0 Å². The minimum absolute atomic E-state index is 0. The minimum atomic E-state index is 0. The fraction of sp³-hybridized carbons (Fsp3) is 0. The van der Waals surface area contributed by atoms with Gasteiger partial charge in [0.15, 0.2) is 0 Å². The predicted molar refractivity (Wildman–Crippen MR) is 43.1 cm³/mol. The van der Waals surface area contributed by atoms with E-state index in [2.05, 4.69) is 0 Å². The van der Waals surface area contributed by atoms with E-state index in [1.54, 1.807) is 24.3 Å². The molecule has 0 N–H and O–H groups in total. The van der Waals surface area contributed by atoms with Crippen LogP contribution in [0.5, 0.6) is 0 Å². The van der Waals surface area contributed by atoms with Gasteiger partial charge >= 0.3 is 0 Å². The molecule has 0 unspecified atom stereocenters. The van der Waals surface area contributed by atoms with Crippen molar-refractivity contribution in [2.45, 2.75) is 0 Å². The van der Waals surface area contributed by atoms with Crippen molar-refractivity contribution in [3.63, 3.8) is 0 Å². The lowest BCUT2D eigenvalue weighted by Gasteiger charge is -1.85. The van der Waals surface area contributed by atoms with Gasteiger partial charge in [0.05, 0.1) is 23.3 Å². The minimum Gasteiger partial charge on any atom is -0.192 e. The molecule has 54 valence electrons. The number of nitriles is 2. The molecule has 0 aliphatic rings. The van der Waals surface area contributed by atoms with Gasteiger partial charge in [0.2, 0.25) is 0 Å². The second-order valence-electron chi connectivity index (χ2n) is 1.80. The van der Waals surface area contributed by atoms with Crippen LogP contribution in [0.2, 0.25) is 0 Å². The van der Waals surface area contributed by atoms with Gasteiger partial charge in [0, 0.05) is 0 Å². The van der Waals surface area contributed by atoms with Crippen molar-refractivity contribution >= 4 is 12.4 Å². The highest BCUT2D eigenvalue weighted by atomic mass is 35.5. The van der Waals surface area contributed by atoms with Gasteiger partial charge in [0.25, 0.3) is 0 Å². The lowest BCUT2D eigenvalue weighted by Crippen LogP contribution is -1.74. The highest BCUT2D eigenvalue weighted by Crippen LogP contribution is 2.00. The summed E-state index contributed by atoms with van der Waals surface area (Å²) in [6, 6.07) is 10.4. The summed E-state index contributed by atoms with van der Waals surface area (Å²) in [4.78, 5) is 0. The zero-order chi connectivity index (χ0) is 7.40. The number of benzene rings is 1. The fourth-order valence-corrected chi connectivity index (χ4v) is 0.619. The first-order chi connectivity index (χ1) is 4.86. The number of hydrogen-bond acceptors (Lipinski definition) is 2. The number of rotatable bonds is 0. The Bertz CT molecular complexity index is 269. The Kier molecular flexibility index (Phi) is 3.73. The van der Waals surface area contributed by atoms with Gasteiger partial charge in [-0.2, -0.15) is 10.5 Å². The summed E-state index contributed by atoms with van der Waals surface area (Å²) in [6.45, 7) is 0. The van der Waals surface area contributed by atoms with Crippen LogP contribution in [0, 0.1) is 22.7 Å². The van der Waals surface area contributed by atoms with E-state index in [1.165, 1.54) is 0 Å². The van der Waals surface area contributed by atoms with Crippen molar-refractivity contribution in [3.05, 3.63) is 35.4 Å². The predicted octanol–water partition coefficient (Wildman–Crippen LogP) is 1.85. The van der Waals surface area contributed by atoms with E-state index < -0.39 is 0 Å². The van der Waals surface area contributed by atoms with Crippen molar-refractivity contribution in [2.24, 2.45) is 0 Å². The zero-order valence-electron chi connectivity index (χ0n) is 5.61. The Balaban J connectivity index is 0.000001000. The summed E-state index contributed by atoms with van der Waals surface area (Å²) in [5.41, 5.74) is 1.16. The average Bonchev–Trinajstić information content (AvgIpc) is 2.05. The molecule has 1 aromatic rings. The Morgan fingerprint density at radius 2 is 1.09 bits per heavy atom. The number of halogens is 1. The van der Waals surface area contributed by atoms with Gasteiger partial charge in [-0.1, -0.05) is 0 Å². The van der Waals surface area contributed by atoms with Crippen LogP contribution in [0.15, 0.2) is 24.3 Å². The van der Waals surface area contributed by atoms with Crippen LogP contribution in [0.1, 0.15) is 11.1 Å². The van der Waals surface area contributed by atoms with E-state index in [-0.39, 0.29) is 12.4 Å². The SMILES string of the molecule is Cl.N#Cc1ccc(C#N)cc1. The molecule has 0 aliphatic carbocycles. The van der Waals surface area contributed by atoms with Gasteiger partial charge < -0.3 is 0 Å². The third-order valence-electron chi connectivity index (χ3n) is 1.14. The molecule has 2 nitrogen and oxygen atoms in total. The monoisotopic (exact) mass is 164 g/mol. The smallest absolute Gasteiger partial charge is 0.0991 e. The Hall–Kier alpha value is -1.51. The van der Waals surface area contributed by atoms with Gasteiger partial charge in [-0.05, 0) is 24.3 Å². The van der Waals surface area contributed by atoms with Gasteiger partial charge in [-0.25, -0.2) is 0 Å². The van der Waals surface area contributed by atoms with Gasteiger partial charge in [-0.3, -0.25) is 0 Å². The summed E-state index contributed by atoms with van der Waals surface area (Å²) in [6.07, 6.45) is 0. The first-order valence-electron chi connectivity index (χ1n) is 2.77. The van der Waals surface area contributed by atoms with E-state index in [1.807, 2.05) is 12.1 Å². The van der Waals surface area contributed by atoms with Crippen molar-refractivity contribution in [3.8, 4) is 12.1 Å². The highest BCUT2D eigenvalue weighted by Gasteiger charge is 1.88. The maximum absolute atomic E-state index is 8.37. The third kappa shape index (κ3) is 2.29. The topological polar surface area (TPSA) is 47.6 Å². The molecule has 0 heterocycles. The average molecular weight is 165 g/mol. The van der Waals surface area contributed by atoms with E-state index in [9.17, 15) is 0 Å². The van der Waals surface area contributed by atoms with Crippen LogP contribution in [0.25, 0.3) is 0 Å². The third-order valence-corrected chi connectivity index (χ3v) is 1.14. The largest absolute Gasteiger partial charge is 0.192 e. The van der Waals surface area contributed by atoms with Crippen LogP contribution in [0.3, 0.4) is 0 Å². The maximum Gasteiger partial charge on any atom is 0.0991 e. The molecule has 1 rings (SSSR count). The lowest BCUT2D eigenvalue weighted by atomic mass is 10.2. The molecule has 0 aliphatic heterocycles. The molecule has 1 aromatic carbocycles. The van der Waals surface area contributed by atoms with E-state index in [4.69, 9.17) is 10.5 Å². The van der Waals surface area contributed by atoms with E-state index in [0.717, 1.165) is 0 Å². The molecule has 0 saturated heterocycles. The van der Waals surface area contributed by atoms with E-state index in [0.29, 0.717) is 11.1 Å². The quantitative estimate of drug-likeness (QED) is 0.588. The summed E-state index contributed by atoms with van der Waals surface area (Å²) >= 11 is 0. The molecule has 0 bridgehead atoms. The molecule has 0 spiro atoms. The standard InChI is InChI=1S/C8H4N2.ClH/c9-5-7-1-2-8(6-10)4-3-7;/h1-4H;1H. The van der Waals surface area contributed by atoms with Crippen LogP contribution >= 0.6 is 12.4 Å². The molecule has 0 saturated carbocycles. The lowest BCUT2D eigenvalue weighted by molar-refractivity contribution is 1.45. The summed E-state index contributed by atoms with van der Waals surface area (Å²) in [5.74, 6) is 0. The number of hydrogen-bond donors (Lipinski definition) is 0. The maximum atomic E-state index is 8.37.